The Morgan fingerprint density at radius 1 is 0.481 bits per heavy atom. The molecule has 0 N–H and O–H groups in total. The van der Waals surface area contributed by atoms with Crippen LogP contribution in [0.4, 0.5) is 0 Å². The average Bonchev–Trinajstić information content (AvgIpc) is 2.65. The highest BCUT2D eigenvalue weighted by molar-refractivity contribution is 6.09. The van der Waals surface area contributed by atoms with Gasteiger partial charge in [-0.2, -0.15) is 0 Å². The first kappa shape index (κ1) is 19.2. The quantitative estimate of drug-likeness (QED) is 0.322. The third-order valence-corrected chi connectivity index (χ3v) is 5.15. The number of benzene rings is 4. The predicted molar refractivity (Wildman–Crippen MR) is 122 cm³/mol. The van der Waals surface area contributed by atoms with Gasteiger partial charge in [0.25, 0.3) is 0 Å². The molecule has 0 unspecified atom stereocenters. The van der Waals surface area contributed by atoms with Crippen molar-refractivity contribution in [1.29, 1.82) is 0 Å². The summed E-state index contributed by atoms with van der Waals surface area (Å²) >= 11 is 0. The van der Waals surface area contributed by atoms with Crippen LogP contribution in [0.3, 0.4) is 0 Å². The Morgan fingerprint density at radius 3 is 1.11 bits per heavy atom. The van der Waals surface area contributed by atoms with Gasteiger partial charge in [-0.1, -0.05) is 80.9 Å². The molecule has 0 radical (unpaired) electrons. The predicted octanol–water partition coefficient (Wildman–Crippen LogP) is 8.31. The molecule has 0 heteroatoms. The summed E-state index contributed by atoms with van der Waals surface area (Å²) in [6.45, 7) is 13.1. The van der Waals surface area contributed by atoms with E-state index in [0.29, 0.717) is 0 Å². The van der Waals surface area contributed by atoms with E-state index in [1.165, 1.54) is 61.3 Å². The molecule has 27 heavy (non-hydrogen) atoms. The van der Waals surface area contributed by atoms with Gasteiger partial charge in [0, 0.05) is 0 Å². The highest BCUT2D eigenvalue weighted by Crippen LogP contribution is 2.40. The first-order valence-corrected chi connectivity index (χ1v) is 9.97. The molecule has 0 heterocycles. The second-order valence-electron chi connectivity index (χ2n) is 7.57. The minimum atomic E-state index is 1.25. The van der Waals surface area contributed by atoms with E-state index in [-0.39, 0.29) is 0 Å². The lowest BCUT2D eigenvalue weighted by molar-refractivity contribution is 1.09. The smallest absolute Gasteiger partial charge is 0.00670 e. The fourth-order valence-corrected chi connectivity index (χ4v) is 4.13. The molecule has 0 spiro atoms. The zero-order valence-corrected chi connectivity index (χ0v) is 17.5. The van der Waals surface area contributed by atoms with Crippen molar-refractivity contribution in [2.45, 2.75) is 48.0 Å². The lowest BCUT2D eigenvalue weighted by atomic mass is 9.85. The summed E-state index contributed by atoms with van der Waals surface area (Å²) in [5.41, 5.74) is 8.16. The van der Waals surface area contributed by atoms with E-state index in [1.54, 1.807) is 0 Å². The van der Waals surface area contributed by atoms with E-state index >= 15 is 0 Å². The molecule has 0 bridgehead atoms. The molecule has 138 valence electrons. The summed E-state index contributed by atoms with van der Waals surface area (Å²) in [6.07, 6.45) is 1.25. The van der Waals surface area contributed by atoms with Crippen molar-refractivity contribution in [2.24, 2.45) is 0 Å². The summed E-state index contributed by atoms with van der Waals surface area (Å²) in [5.74, 6) is 0. The number of rotatable bonds is 1. The summed E-state index contributed by atoms with van der Waals surface area (Å²) in [5, 5.41) is 5.41. The Hall–Kier alpha value is -2.60. The van der Waals surface area contributed by atoms with Crippen LogP contribution in [0.2, 0.25) is 0 Å². The molecule has 4 rings (SSSR count). The molecule has 0 aliphatic heterocycles. The normalized spacial score (nSPS) is 10.7. The van der Waals surface area contributed by atoms with Crippen molar-refractivity contribution in [1.82, 2.24) is 0 Å². The SMILES string of the molecule is CCC.Cc1cc(C)c2ccccc2c1-c1c(C)cc(C)c2ccccc12. The topological polar surface area (TPSA) is 0 Å². The van der Waals surface area contributed by atoms with E-state index in [1.807, 2.05) is 0 Å². The van der Waals surface area contributed by atoms with Crippen molar-refractivity contribution in [2.75, 3.05) is 0 Å². The van der Waals surface area contributed by atoms with Gasteiger partial charge in [0.2, 0.25) is 0 Å². The van der Waals surface area contributed by atoms with E-state index in [9.17, 15) is 0 Å². The molecule has 0 aliphatic rings. The van der Waals surface area contributed by atoms with E-state index in [2.05, 4.69) is 102 Å². The van der Waals surface area contributed by atoms with Crippen LogP contribution in [-0.2, 0) is 0 Å². The fourth-order valence-electron chi connectivity index (χ4n) is 4.13. The van der Waals surface area contributed by atoms with Crippen molar-refractivity contribution in [3.63, 3.8) is 0 Å². The van der Waals surface area contributed by atoms with Crippen LogP contribution in [0, 0.1) is 27.7 Å². The van der Waals surface area contributed by atoms with Gasteiger partial charge in [-0.25, -0.2) is 0 Å². The van der Waals surface area contributed by atoms with Crippen LogP contribution >= 0.6 is 0 Å². The molecule has 0 atom stereocenters. The van der Waals surface area contributed by atoms with Crippen LogP contribution in [0.1, 0.15) is 42.5 Å². The number of fused-ring (bicyclic) bond motifs is 2. The Labute approximate surface area is 163 Å². The van der Waals surface area contributed by atoms with E-state index in [0.717, 1.165) is 0 Å². The van der Waals surface area contributed by atoms with Crippen molar-refractivity contribution in [3.8, 4) is 11.1 Å². The maximum atomic E-state index is 2.33. The summed E-state index contributed by atoms with van der Waals surface area (Å²) in [7, 11) is 0. The summed E-state index contributed by atoms with van der Waals surface area (Å²) < 4.78 is 0. The second kappa shape index (κ2) is 7.96. The maximum absolute atomic E-state index is 2.33. The molecule has 4 aromatic carbocycles. The molecule has 0 saturated carbocycles. The van der Waals surface area contributed by atoms with Crippen LogP contribution in [0.25, 0.3) is 32.7 Å². The highest BCUT2D eigenvalue weighted by atomic mass is 14.2. The Balaban J connectivity index is 0.000000659. The van der Waals surface area contributed by atoms with Gasteiger partial charge in [0.1, 0.15) is 0 Å². The van der Waals surface area contributed by atoms with Crippen LogP contribution in [0.15, 0.2) is 60.7 Å². The van der Waals surface area contributed by atoms with Gasteiger partial charge >= 0.3 is 0 Å². The minimum Gasteiger partial charge on any atom is -0.0656 e. The average molecular weight is 355 g/mol. The van der Waals surface area contributed by atoms with Crippen molar-refractivity contribution >= 4 is 21.5 Å². The third-order valence-electron chi connectivity index (χ3n) is 5.15. The van der Waals surface area contributed by atoms with E-state index in [4.69, 9.17) is 0 Å². The minimum absolute atomic E-state index is 1.25. The largest absolute Gasteiger partial charge is 0.0656 e. The molecule has 0 aromatic heterocycles. The third kappa shape index (κ3) is 3.49. The molecule has 0 saturated heterocycles. The van der Waals surface area contributed by atoms with E-state index < -0.39 is 0 Å². The van der Waals surface area contributed by atoms with Gasteiger partial charge in [0.15, 0.2) is 0 Å². The zero-order chi connectivity index (χ0) is 19.6. The Kier molecular flexibility index (Phi) is 5.65. The van der Waals surface area contributed by atoms with Crippen molar-refractivity contribution in [3.05, 3.63) is 82.9 Å². The molecular formula is C27H30. The van der Waals surface area contributed by atoms with Gasteiger partial charge in [-0.15, -0.1) is 0 Å². The molecule has 4 aromatic rings. The lowest BCUT2D eigenvalue weighted by Gasteiger charge is -2.18. The number of hydrogen-bond donors (Lipinski definition) is 0. The fraction of sp³-hybridized carbons (Fsp3) is 0.259. The molecule has 0 amide bonds. The Bertz CT molecular complexity index is 1010. The van der Waals surface area contributed by atoms with Crippen molar-refractivity contribution < 1.29 is 0 Å². The second-order valence-corrected chi connectivity index (χ2v) is 7.57. The first-order valence-electron chi connectivity index (χ1n) is 9.97. The monoisotopic (exact) mass is 354 g/mol. The molecular weight excluding hydrogens is 324 g/mol. The summed E-state index contributed by atoms with van der Waals surface area (Å²) in [4.78, 5) is 0. The first-order chi connectivity index (χ1) is 13.0. The van der Waals surface area contributed by atoms with Gasteiger partial charge in [-0.3, -0.25) is 0 Å². The summed E-state index contributed by atoms with van der Waals surface area (Å²) in [6, 6.07) is 22.2. The van der Waals surface area contributed by atoms with Gasteiger partial charge in [0.05, 0.1) is 0 Å². The molecule has 0 aliphatic carbocycles. The van der Waals surface area contributed by atoms with Gasteiger partial charge in [-0.05, 0) is 82.6 Å². The van der Waals surface area contributed by atoms with Crippen LogP contribution < -0.4 is 0 Å². The van der Waals surface area contributed by atoms with Crippen LogP contribution in [-0.4, -0.2) is 0 Å². The highest BCUT2D eigenvalue weighted by Gasteiger charge is 2.15. The number of aryl methyl sites for hydroxylation is 4. The standard InChI is InChI=1S/C24H22.C3H8/c1-15-13-17(3)23(21-11-7-5-9-19(15)21)24-18(4)14-16(2)20-10-6-8-12-22(20)24;1-3-2/h5-14H,1-4H3;3H2,1-2H3. The van der Waals surface area contributed by atoms with Gasteiger partial charge < -0.3 is 0 Å². The molecule has 0 nitrogen and oxygen atoms in total. The Morgan fingerprint density at radius 2 is 0.778 bits per heavy atom. The zero-order valence-electron chi connectivity index (χ0n) is 17.5. The molecule has 0 fully saturated rings. The lowest BCUT2D eigenvalue weighted by Crippen LogP contribution is -1.94. The maximum Gasteiger partial charge on any atom is -0.00670 e. The van der Waals surface area contributed by atoms with Crippen LogP contribution in [0.5, 0.6) is 0 Å². The number of hydrogen-bond acceptors (Lipinski definition) is 0.